The van der Waals surface area contributed by atoms with Crippen LogP contribution in [-0.4, -0.2) is 148 Å². The summed E-state index contributed by atoms with van der Waals surface area (Å²) in [6.45, 7) is 7.30. The van der Waals surface area contributed by atoms with E-state index in [1.54, 1.807) is 66.6 Å². The van der Waals surface area contributed by atoms with Crippen LogP contribution in [0.5, 0.6) is 0 Å². The summed E-state index contributed by atoms with van der Waals surface area (Å²) in [5.74, 6) is 0.486. The maximum absolute atomic E-state index is 13.8. The Hall–Kier alpha value is -10.8. The highest BCUT2D eigenvalue weighted by Crippen LogP contribution is 2.51. The summed E-state index contributed by atoms with van der Waals surface area (Å²) in [4.78, 5) is 98.6. The number of carbonyl (C=O) groups is 4. The maximum Gasteiger partial charge on any atom is 0.417 e. The van der Waals surface area contributed by atoms with E-state index in [1.807, 2.05) is 47.9 Å². The molecule has 0 aliphatic carbocycles. The molecule has 4 aromatic carbocycles. The Balaban J connectivity index is 0.000000116. The van der Waals surface area contributed by atoms with Crippen LogP contribution in [0.3, 0.4) is 0 Å². The molecular formula is C86H75Cl6F7N20O4. The number of fused-ring (bicyclic) bond motifs is 16. The van der Waals surface area contributed by atoms with E-state index in [0.29, 0.717) is 71.0 Å². The topological polar surface area (TPSA) is 299 Å². The van der Waals surface area contributed by atoms with Gasteiger partial charge in [0.05, 0.1) is 151 Å². The van der Waals surface area contributed by atoms with Crippen LogP contribution in [0.25, 0.3) is 45.6 Å². The Morgan fingerprint density at radius 1 is 0.358 bits per heavy atom. The van der Waals surface area contributed by atoms with Gasteiger partial charge in [0.25, 0.3) is 23.6 Å². The smallest absolute Gasteiger partial charge is 0.327 e. The van der Waals surface area contributed by atoms with Crippen molar-refractivity contribution in [1.82, 2.24) is 100 Å². The molecule has 16 heterocycles. The van der Waals surface area contributed by atoms with E-state index in [0.717, 1.165) is 173 Å². The molecule has 8 aromatic heterocycles. The van der Waals surface area contributed by atoms with Crippen molar-refractivity contribution in [2.45, 2.75) is 191 Å². The number of benzene rings is 4. The van der Waals surface area contributed by atoms with Gasteiger partial charge in [-0.05, 0) is 209 Å². The van der Waals surface area contributed by atoms with Crippen molar-refractivity contribution >= 4 is 93.2 Å². The molecule has 0 saturated carbocycles. The third-order valence-corrected chi connectivity index (χ3v) is 26.3. The predicted molar refractivity (Wildman–Crippen MR) is 444 cm³/mol. The lowest BCUT2D eigenvalue weighted by Gasteiger charge is -2.46. The van der Waals surface area contributed by atoms with Crippen LogP contribution in [0.4, 0.5) is 30.7 Å². The Morgan fingerprint density at radius 2 is 0.650 bits per heavy atom. The summed E-state index contributed by atoms with van der Waals surface area (Å²) >= 11 is 36.7. The molecule has 12 aromatic rings. The van der Waals surface area contributed by atoms with E-state index in [9.17, 15) is 49.9 Å². The second-order valence-electron chi connectivity index (χ2n) is 31.6. The van der Waals surface area contributed by atoms with Gasteiger partial charge in [-0.15, -0.1) is 0 Å². The SMILES string of the molecule is Cc1nc(-c2ccn[nH]2)c2c(n1)C1CCCC(C2)N1C(=O)c1cccc(C(F)(F)F)c1Cl.Cc1nc(-c2ccn[nH]2)c2c(n1)[C@@H]1CCC[C@H](C2)N1C(=O)c1ccc(Cl)cc1Cl.Cc1nc(-c2ccn[nH]2)c2c(n1)[C@@H]1CCC[C@H](C2)N1C(=O)c1ccc(F)c(Cl)c1Cl.Cc1nc(-c2ccn[nH]2)c2c(n1)[C@@H]1CCC[C@H](C2)N1C(=O)c1cccc(C(F)(F)F)c1Cl. The van der Waals surface area contributed by atoms with Crippen LogP contribution in [-0.2, 0) is 38.0 Å². The molecule has 24 nitrogen and oxygen atoms in total. The minimum atomic E-state index is -4.64. The van der Waals surface area contributed by atoms with Gasteiger partial charge in [-0.2, -0.15) is 46.7 Å². The molecule has 0 radical (unpaired) electrons. The van der Waals surface area contributed by atoms with Crippen LogP contribution >= 0.6 is 69.6 Å². The predicted octanol–water partition coefficient (Wildman–Crippen LogP) is 20.0. The molecule has 37 heteroatoms. The summed E-state index contributed by atoms with van der Waals surface area (Å²) in [7, 11) is 0. The van der Waals surface area contributed by atoms with Crippen molar-refractivity contribution in [3.8, 4) is 45.6 Å². The summed E-state index contributed by atoms with van der Waals surface area (Å²) in [6.07, 6.45) is 10.0. The number of hydrogen-bond donors (Lipinski definition) is 4. The highest BCUT2D eigenvalue weighted by atomic mass is 35.5. The number of rotatable bonds is 8. The lowest BCUT2D eigenvalue weighted by Crippen LogP contribution is -2.50. The number of H-pyrrole nitrogens is 4. The minimum absolute atomic E-state index is 0.0170. The molecule has 4 saturated heterocycles. The molecule has 8 aliphatic rings. The average molecular weight is 1800 g/mol. The summed E-state index contributed by atoms with van der Waals surface area (Å²) in [6, 6.07) is 20.8. The number of aromatic nitrogens is 16. The van der Waals surface area contributed by atoms with Gasteiger partial charge in [0.15, 0.2) is 0 Å². The molecule has 2 unspecified atom stereocenters. The fourth-order valence-corrected chi connectivity index (χ4v) is 20.4. The van der Waals surface area contributed by atoms with Crippen LogP contribution in [0.1, 0.15) is 222 Å². The fourth-order valence-electron chi connectivity index (χ4n) is 18.9. The van der Waals surface area contributed by atoms with Crippen molar-refractivity contribution in [2.24, 2.45) is 0 Å². The molecule has 4 amide bonds. The highest BCUT2D eigenvalue weighted by molar-refractivity contribution is 6.44. The zero-order valence-electron chi connectivity index (χ0n) is 66.1. The second-order valence-corrected chi connectivity index (χ2v) is 33.9. The molecular weight excluding hydrogens is 1720 g/mol. The van der Waals surface area contributed by atoms with Gasteiger partial charge in [0, 0.05) is 76.2 Å². The van der Waals surface area contributed by atoms with Crippen LogP contribution in [0, 0.1) is 33.5 Å². The lowest BCUT2D eigenvalue weighted by molar-refractivity contribution is -0.138. The van der Waals surface area contributed by atoms with E-state index in [2.05, 4.69) is 70.7 Å². The molecule has 4 fully saturated rings. The van der Waals surface area contributed by atoms with Crippen molar-refractivity contribution in [3.05, 3.63) is 253 Å². The highest BCUT2D eigenvalue weighted by Gasteiger charge is 2.50. The minimum Gasteiger partial charge on any atom is -0.327 e. The third-order valence-electron chi connectivity index (χ3n) is 24.1. The number of carbonyl (C=O) groups excluding carboxylic acids is 4. The number of nitrogens with one attached hydrogen (secondary N) is 4. The molecule has 8 bridgehead atoms. The lowest BCUT2D eigenvalue weighted by atomic mass is 9.81. The fraction of sp³-hybridized carbons (Fsp3) is 0.349. The Bertz CT molecular complexity index is 5920. The molecule has 634 valence electrons. The first kappa shape index (κ1) is 84.4. The Labute approximate surface area is 728 Å². The first-order chi connectivity index (χ1) is 59.0. The quantitative estimate of drug-likeness (QED) is 0.0812. The summed E-state index contributed by atoms with van der Waals surface area (Å²) in [5.41, 5.74) is 12.2. The number of aromatic amines is 4. The van der Waals surface area contributed by atoms with Crippen LogP contribution in [0.15, 0.2) is 116 Å². The molecule has 0 spiro atoms. The van der Waals surface area contributed by atoms with Crippen molar-refractivity contribution in [3.63, 3.8) is 0 Å². The summed E-state index contributed by atoms with van der Waals surface area (Å²) < 4.78 is 93.9. The van der Waals surface area contributed by atoms with Crippen molar-refractivity contribution in [2.75, 3.05) is 0 Å². The number of halogens is 13. The number of alkyl halides is 6. The number of hydrogen-bond acceptors (Lipinski definition) is 16. The number of nitrogens with zero attached hydrogens (tertiary/aromatic N) is 16. The van der Waals surface area contributed by atoms with Gasteiger partial charge in [0.2, 0.25) is 0 Å². The van der Waals surface area contributed by atoms with Gasteiger partial charge in [-0.3, -0.25) is 39.6 Å². The second kappa shape index (κ2) is 34.0. The standard InChI is InChI=1S/2C22H19ClF3N5O.C21H18Cl2FN5O.C21H19Cl2N5O/c2*1-11-28-19(16-8-9-27-30-16)14-10-12-4-2-7-17(20(14)29-11)31(12)21(32)13-5-3-6-15(18(13)23)22(24,25)26;1-10-26-19(15-7-8-25-28-15)13-9-11-3-2-4-16(20(13)27-10)29(11)21(30)12-5-6-14(24)18(23)17(12)22;1-11-25-19(17-7-8-24-27-17)15-10-13-3-2-4-18(20(15)26-11)28(13)21(29)14-6-5-12(22)9-16(14)23/h2*3,5-6,8-9,12,17H,2,4,7,10H2,1H3,(H,27,30);5-8,11,16H,2-4,9H2,1H3,(H,25,28);5-9,13,18H,2-4,10H2,1H3,(H,24,27)/t12-,17+;;11-,16+;13-,18+/m1.11/s1. The zero-order valence-corrected chi connectivity index (χ0v) is 70.6. The number of piperidine rings is 4. The first-order valence-electron chi connectivity index (χ1n) is 40.1. The molecule has 4 N–H and O–H groups in total. The summed E-state index contributed by atoms with van der Waals surface area (Å²) in [5, 5.41) is 27.5. The molecule has 20 rings (SSSR count). The first-order valence-corrected chi connectivity index (χ1v) is 42.3. The normalized spacial score (nSPS) is 20.3. The monoisotopic (exact) mass is 1790 g/mol. The van der Waals surface area contributed by atoms with E-state index in [4.69, 9.17) is 79.6 Å². The van der Waals surface area contributed by atoms with E-state index >= 15 is 0 Å². The molecule has 8 aliphatic heterocycles. The van der Waals surface area contributed by atoms with Crippen LogP contribution in [0.2, 0.25) is 30.1 Å². The van der Waals surface area contributed by atoms with E-state index in [-0.39, 0.29) is 86.9 Å². The number of amides is 4. The van der Waals surface area contributed by atoms with Gasteiger partial charge in [0.1, 0.15) is 29.1 Å². The van der Waals surface area contributed by atoms with Gasteiger partial charge in [-0.25, -0.2) is 44.3 Å². The largest absolute Gasteiger partial charge is 0.417 e. The van der Waals surface area contributed by atoms with Gasteiger partial charge < -0.3 is 19.6 Å². The molecule has 8 atom stereocenters. The zero-order chi connectivity index (χ0) is 86.4. The van der Waals surface area contributed by atoms with Gasteiger partial charge >= 0.3 is 12.4 Å². The van der Waals surface area contributed by atoms with E-state index < -0.39 is 51.2 Å². The van der Waals surface area contributed by atoms with Crippen LogP contribution < -0.4 is 0 Å². The van der Waals surface area contributed by atoms with Crippen molar-refractivity contribution in [1.29, 1.82) is 0 Å². The average Bonchev–Trinajstić information content (AvgIpc) is 1.74. The van der Waals surface area contributed by atoms with Gasteiger partial charge in [-0.1, -0.05) is 81.7 Å². The maximum atomic E-state index is 13.8. The Morgan fingerprint density at radius 3 is 0.935 bits per heavy atom. The van der Waals surface area contributed by atoms with Crippen molar-refractivity contribution < 1.29 is 49.9 Å². The van der Waals surface area contributed by atoms with E-state index in [1.165, 1.54) is 36.4 Å². The number of aryl methyl sites for hydroxylation is 4. The Kier molecular flexibility index (Phi) is 23.3. The third kappa shape index (κ3) is 16.1. The molecule has 123 heavy (non-hydrogen) atoms.